The van der Waals surface area contributed by atoms with Gasteiger partial charge in [0.1, 0.15) is 5.75 Å². The molecule has 2 aromatic carbocycles. The molecule has 9 heteroatoms. The van der Waals surface area contributed by atoms with Crippen molar-refractivity contribution in [3.8, 4) is 17.1 Å². The van der Waals surface area contributed by atoms with E-state index in [4.69, 9.17) is 9.84 Å². The Labute approximate surface area is 211 Å². The summed E-state index contributed by atoms with van der Waals surface area (Å²) in [6, 6.07) is 11.2. The van der Waals surface area contributed by atoms with Gasteiger partial charge in [0.25, 0.3) is 0 Å². The minimum Gasteiger partial charge on any atom is -0.496 e. The zero-order valence-electron chi connectivity index (χ0n) is 21.9. The number of aryl methyl sites for hydroxylation is 1. The van der Waals surface area contributed by atoms with Crippen LogP contribution in [0, 0.1) is 6.92 Å². The number of fused-ring (bicyclic) bond motifs is 1. The molecule has 2 aromatic heterocycles. The van der Waals surface area contributed by atoms with Gasteiger partial charge in [-0.15, -0.1) is 15.4 Å². The largest absolute Gasteiger partial charge is 0.496 e. The molecular weight excluding hydrogens is 456 g/mol. The van der Waals surface area contributed by atoms with Crippen LogP contribution in [0.5, 0.6) is 5.75 Å². The fourth-order valence-electron chi connectivity index (χ4n) is 4.41. The summed E-state index contributed by atoms with van der Waals surface area (Å²) in [7, 11) is 1.55. The molecule has 2 heterocycles. The molecule has 4 rings (SSSR count). The predicted octanol–water partition coefficient (Wildman–Crippen LogP) is 4.38. The maximum Gasteiger partial charge on any atom is 0.189 e. The lowest BCUT2D eigenvalue weighted by Gasteiger charge is -2.22. The minimum absolute atomic E-state index is 0.0596. The highest BCUT2D eigenvalue weighted by atomic mass is 16.8. The third-order valence-electron chi connectivity index (χ3n) is 6.38. The number of nitrogens with zero attached hydrogens (tertiary/aromatic N) is 6. The van der Waals surface area contributed by atoms with E-state index in [1.165, 1.54) is 17.3 Å². The third-order valence-corrected chi connectivity index (χ3v) is 6.38. The molecule has 36 heavy (non-hydrogen) atoms. The van der Waals surface area contributed by atoms with Gasteiger partial charge in [-0.05, 0) is 68.3 Å². The number of benzene rings is 2. The zero-order valence-corrected chi connectivity index (χ0v) is 21.9. The van der Waals surface area contributed by atoms with E-state index in [1.807, 2.05) is 0 Å². The normalized spacial score (nSPS) is 12.4. The molecule has 0 unspecified atom stereocenters. The molecule has 0 radical (unpaired) electrons. The summed E-state index contributed by atoms with van der Waals surface area (Å²) in [6.45, 7) is 14.7. The van der Waals surface area contributed by atoms with Crippen LogP contribution >= 0.6 is 0 Å². The maximum absolute atomic E-state index is 9.53. The SMILES string of the molecule is CCN(CC)c1ccc(C=c2c(C(C)(C)C)nn3c(-c4cc(N(O)O)ccc4OC)nnc23)c(C)c1. The lowest BCUT2D eigenvalue weighted by molar-refractivity contribution is 0.0291. The van der Waals surface area contributed by atoms with Crippen LogP contribution in [-0.4, -0.2) is 50.4 Å². The van der Waals surface area contributed by atoms with E-state index in [0.29, 0.717) is 22.8 Å². The number of aromatic nitrogens is 4. The van der Waals surface area contributed by atoms with Gasteiger partial charge < -0.3 is 9.64 Å². The van der Waals surface area contributed by atoms with Gasteiger partial charge in [0, 0.05) is 29.4 Å². The number of ether oxygens (including phenoxy) is 1. The van der Waals surface area contributed by atoms with E-state index in [1.54, 1.807) is 23.8 Å². The fraction of sp³-hybridized carbons (Fsp3) is 0.370. The number of hydrogen-bond donors (Lipinski definition) is 2. The molecule has 0 spiro atoms. The van der Waals surface area contributed by atoms with Crippen LogP contribution in [0.25, 0.3) is 23.1 Å². The average molecular weight is 491 g/mol. The number of rotatable bonds is 7. The molecule has 0 aliphatic rings. The summed E-state index contributed by atoms with van der Waals surface area (Å²) >= 11 is 0. The Morgan fingerprint density at radius 2 is 1.69 bits per heavy atom. The van der Waals surface area contributed by atoms with Crippen molar-refractivity contribution in [2.75, 3.05) is 30.3 Å². The minimum atomic E-state index is -0.252. The summed E-state index contributed by atoms with van der Waals surface area (Å²) in [6.07, 6.45) is 2.12. The molecule has 9 nitrogen and oxygen atoms in total. The molecule has 0 aliphatic carbocycles. The van der Waals surface area contributed by atoms with E-state index in [9.17, 15) is 10.4 Å². The molecule has 2 N–H and O–H groups in total. The van der Waals surface area contributed by atoms with Gasteiger partial charge in [0.05, 0.1) is 24.1 Å². The Morgan fingerprint density at radius 1 is 1.00 bits per heavy atom. The molecule has 190 valence electrons. The molecule has 0 bridgehead atoms. The van der Waals surface area contributed by atoms with Gasteiger partial charge in [-0.2, -0.15) is 9.61 Å². The summed E-state index contributed by atoms with van der Waals surface area (Å²) in [5, 5.41) is 33.9. The standard InChI is InChI=1S/C27H34N6O3/c1-8-31(9-2)19-11-10-18(17(3)14-19)15-22-24(27(4,5)6)30-32-25(28-29-26(22)32)21-16-20(33(34)35)12-13-23(21)36-7/h10-16,34-35H,8-9H2,1-7H3. The van der Waals surface area contributed by atoms with Crippen LogP contribution in [0.15, 0.2) is 36.4 Å². The molecule has 0 saturated heterocycles. The quantitative estimate of drug-likeness (QED) is 0.368. The van der Waals surface area contributed by atoms with Crippen molar-refractivity contribution in [2.45, 2.75) is 47.0 Å². The van der Waals surface area contributed by atoms with Crippen molar-refractivity contribution in [2.24, 2.45) is 0 Å². The van der Waals surface area contributed by atoms with Crippen LogP contribution in [0.3, 0.4) is 0 Å². The van der Waals surface area contributed by atoms with Gasteiger partial charge in [-0.25, -0.2) is 0 Å². The van der Waals surface area contributed by atoms with Crippen molar-refractivity contribution < 1.29 is 15.2 Å². The topological polar surface area (TPSA) is 99.3 Å². The smallest absolute Gasteiger partial charge is 0.189 e. The molecule has 0 saturated carbocycles. The van der Waals surface area contributed by atoms with Crippen molar-refractivity contribution in [1.29, 1.82) is 0 Å². The summed E-state index contributed by atoms with van der Waals surface area (Å²) in [4.78, 5) is 2.33. The highest BCUT2D eigenvalue weighted by Gasteiger charge is 2.25. The first kappa shape index (κ1) is 25.4. The van der Waals surface area contributed by atoms with Gasteiger partial charge >= 0.3 is 0 Å². The van der Waals surface area contributed by atoms with Crippen molar-refractivity contribution >= 4 is 23.1 Å². The Balaban J connectivity index is 1.94. The van der Waals surface area contributed by atoms with E-state index in [-0.39, 0.29) is 16.3 Å². The molecular formula is C27H34N6O3. The van der Waals surface area contributed by atoms with Crippen LogP contribution in [-0.2, 0) is 5.41 Å². The number of hydrogen-bond acceptors (Lipinski definition) is 8. The van der Waals surface area contributed by atoms with Crippen LogP contribution in [0.1, 0.15) is 51.4 Å². The van der Waals surface area contributed by atoms with Gasteiger partial charge in [0.2, 0.25) is 0 Å². The number of methoxy groups -OCH3 is 1. The summed E-state index contributed by atoms with van der Waals surface area (Å²) in [5.74, 6) is 0.966. The summed E-state index contributed by atoms with van der Waals surface area (Å²) in [5.41, 5.74) is 5.43. The van der Waals surface area contributed by atoms with Crippen molar-refractivity contribution in [3.05, 3.63) is 58.4 Å². The predicted molar refractivity (Wildman–Crippen MR) is 141 cm³/mol. The maximum atomic E-state index is 9.53. The monoisotopic (exact) mass is 490 g/mol. The van der Waals surface area contributed by atoms with Gasteiger partial charge in [0.15, 0.2) is 11.5 Å². The fourth-order valence-corrected chi connectivity index (χ4v) is 4.41. The molecule has 0 fully saturated rings. The second-order valence-corrected chi connectivity index (χ2v) is 9.80. The Hall–Kier alpha value is -3.69. The third kappa shape index (κ3) is 4.59. The molecule has 4 aromatic rings. The molecule has 0 atom stereocenters. The highest BCUT2D eigenvalue weighted by Crippen LogP contribution is 2.32. The van der Waals surface area contributed by atoms with Crippen molar-refractivity contribution in [3.63, 3.8) is 0 Å². The Kier molecular flexibility index (Phi) is 6.88. The van der Waals surface area contributed by atoms with E-state index in [2.05, 4.69) is 80.9 Å². The van der Waals surface area contributed by atoms with Crippen LogP contribution in [0.4, 0.5) is 11.4 Å². The zero-order chi connectivity index (χ0) is 26.2. The van der Waals surface area contributed by atoms with E-state index in [0.717, 1.165) is 29.6 Å². The Morgan fingerprint density at radius 3 is 2.28 bits per heavy atom. The lowest BCUT2D eigenvalue weighted by Crippen LogP contribution is -2.22. The first-order chi connectivity index (χ1) is 17.1. The van der Waals surface area contributed by atoms with Crippen LogP contribution in [0.2, 0.25) is 0 Å². The van der Waals surface area contributed by atoms with Gasteiger partial charge in [-0.3, -0.25) is 10.4 Å². The van der Waals surface area contributed by atoms with Crippen molar-refractivity contribution in [1.82, 2.24) is 19.8 Å². The van der Waals surface area contributed by atoms with Crippen LogP contribution < -0.4 is 20.1 Å². The summed E-state index contributed by atoms with van der Waals surface area (Å²) < 4.78 is 7.22. The Bertz CT molecular complexity index is 1430. The van der Waals surface area contributed by atoms with E-state index >= 15 is 0 Å². The molecule has 0 aliphatic heterocycles. The average Bonchev–Trinajstić information content (AvgIpc) is 3.41. The molecule has 0 amide bonds. The number of anilines is 2. The second-order valence-electron chi connectivity index (χ2n) is 9.80. The van der Waals surface area contributed by atoms with E-state index < -0.39 is 0 Å². The first-order valence-corrected chi connectivity index (χ1v) is 12.1. The lowest BCUT2D eigenvalue weighted by atomic mass is 9.90. The second kappa shape index (κ2) is 9.75. The highest BCUT2D eigenvalue weighted by molar-refractivity contribution is 5.72. The first-order valence-electron chi connectivity index (χ1n) is 12.1. The van der Waals surface area contributed by atoms with Gasteiger partial charge in [-0.1, -0.05) is 26.8 Å².